The average Bonchev–Trinajstić information content (AvgIpc) is 1.98. The highest BCUT2D eigenvalue weighted by molar-refractivity contribution is 7.32. The summed E-state index contributed by atoms with van der Waals surface area (Å²) < 4.78 is 119. The van der Waals surface area contributed by atoms with Gasteiger partial charge in [0.2, 0.25) is 0 Å². The van der Waals surface area contributed by atoms with Gasteiger partial charge < -0.3 is 0 Å². The van der Waals surface area contributed by atoms with Crippen LogP contribution < -0.4 is 0 Å². The maximum atomic E-state index is 12.3. The summed E-state index contributed by atoms with van der Waals surface area (Å²) >= 11 is 0. The van der Waals surface area contributed by atoms with Crippen LogP contribution >= 0.6 is 8.25 Å². The summed E-state index contributed by atoms with van der Waals surface area (Å²) in [5.41, 5.74) is 0. The van der Waals surface area contributed by atoms with Gasteiger partial charge in [0, 0.05) is 4.57 Å². The van der Waals surface area contributed by atoms with E-state index in [9.17, 15) is 44.1 Å². The molecular formula is C4HF9O3P+. The molecule has 0 saturated heterocycles. The molecule has 0 radical (unpaired) electrons. The van der Waals surface area contributed by atoms with E-state index in [0.29, 0.717) is 0 Å². The third kappa shape index (κ3) is 2.80. The van der Waals surface area contributed by atoms with Crippen LogP contribution in [-0.4, -0.2) is 29.0 Å². The van der Waals surface area contributed by atoms with Gasteiger partial charge in [-0.25, -0.2) is 0 Å². The first kappa shape index (κ1) is 16.4. The van der Waals surface area contributed by atoms with Gasteiger partial charge in [0.25, 0.3) is 0 Å². The molecule has 13 heteroatoms. The molecule has 0 aliphatic carbocycles. The molecule has 0 saturated carbocycles. The van der Waals surface area contributed by atoms with Gasteiger partial charge >= 0.3 is 32.4 Å². The fourth-order valence-electron chi connectivity index (χ4n) is 0.516. The fraction of sp³-hybridized carbons (Fsp3) is 1.00. The van der Waals surface area contributed by atoms with Crippen molar-refractivity contribution in [1.82, 2.24) is 0 Å². The van der Waals surface area contributed by atoms with E-state index in [1.54, 1.807) is 0 Å². The topological polar surface area (TPSA) is 46.5 Å². The van der Waals surface area contributed by atoms with Crippen molar-refractivity contribution in [3.05, 3.63) is 0 Å². The molecule has 17 heavy (non-hydrogen) atoms. The van der Waals surface area contributed by atoms with Crippen LogP contribution in [0.15, 0.2) is 0 Å². The third-order valence-electron chi connectivity index (χ3n) is 1.31. The standard InChI is InChI=1S/C4F9O3P/c5-1(6,3(9,10)11)2(7,8)4(12,13)16-17(14)15/p+1. The lowest BCUT2D eigenvalue weighted by atomic mass is 10.1. The Morgan fingerprint density at radius 1 is 0.824 bits per heavy atom. The second-order valence-corrected chi connectivity index (χ2v) is 3.15. The van der Waals surface area contributed by atoms with Gasteiger partial charge in [-0.3, -0.25) is 0 Å². The lowest BCUT2D eigenvalue weighted by Crippen LogP contribution is -2.61. The van der Waals surface area contributed by atoms with Gasteiger partial charge in [-0.15, -0.1) is 4.89 Å². The van der Waals surface area contributed by atoms with Crippen LogP contribution in [0.1, 0.15) is 0 Å². The predicted molar refractivity (Wildman–Crippen MR) is 31.8 cm³/mol. The van der Waals surface area contributed by atoms with E-state index >= 15 is 0 Å². The van der Waals surface area contributed by atoms with Gasteiger partial charge in [0.05, 0.1) is 0 Å². The first-order valence-electron chi connectivity index (χ1n) is 3.22. The minimum absolute atomic E-state index is 2.19. The summed E-state index contributed by atoms with van der Waals surface area (Å²) in [5, 5.41) is 0. The van der Waals surface area contributed by atoms with Crippen molar-refractivity contribution in [2.75, 3.05) is 0 Å². The van der Waals surface area contributed by atoms with Gasteiger partial charge in [-0.1, -0.05) is 0 Å². The van der Waals surface area contributed by atoms with Crippen molar-refractivity contribution >= 4 is 8.25 Å². The SMILES string of the molecule is O=[P+](O)OC(F)(F)C(F)(F)C(F)(F)C(F)(F)F. The minimum atomic E-state index is -7.14. The van der Waals surface area contributed by atoms with Crippen LogP contribution in [0.4, 0.5) is 39.5 Å². The summed E-state index contributed by atoms with van der Waals surface area (Å²) in [5.74, 6) is -14.2. The Hall–Kier alpha value is -0.610. The molecule has 3 nitrogen and oxygen atoms in total. The van der Waals surface area contributed by atoms with Crippen molar-refractivity contribution in [3.8, 4) is 0 Å². The molecule has 0 aliphatic rings. The molecule has 0 fully saturated rings. The third-order valence-corrected chi connectivity index (χ3v) is 1.69. The van der Waals surface area contributed by atoms with Gasteiger partial charge in [0.15, 0.2) is 0 Å². The van der Waals surface area contributed by atoms with Crippen LogP contribution in [0.5, 0.6) is 0 Å². The second kappa shape index (κ2) is 4.25. The van der Waals surface area contributed by atoms with Crippen molar-refractivity contribution in [1.29, 1.82) is 0 Å². The molecule has 0 rings (SSSR count). The average molecular weight is 299 g/mol. The van der Waals surface area contributed by atoms with Crippen LogP contribution in [0, 0.1) is 0 Å². The zero-order valence-electron chi connectivity index (χ0n) is 7.11. The number of halogens is 9. The van der Waals surface area contributed by atoms with Crippen LogP contribution in [0.25, 0.3) is 0 Å². The molecule has 0 heterocycles. The van der Waals surface area contributed by atoms with Gasteiger partial charge in [-0.05, 0) is 4.52 Å². The number of alkyl halides is 9. The van der Waals surface area contributed by atoms with Crippen molar-refractivity contribution in [2.24, 2.45) is 0 Å². The maximum Gasteiger partial charge on any atom is 0.701 e. The zero-order chi connectivity index (χ0) is 14.3. The Morgan fingerprint density at radius 2 is 1.18 bits per heavy atom. The minimum Gasteiger partial charge on any atom is -0.189 e. The number of hydrogen-bond donors (Lipinski definition) is 1. The van der Waals surface area contributed by atoms with E-state index in [4.69, 9.17) is 4.89 Å². The van der Waals surface area contributed by atoms with E-state index in [2.05, 4.69) is 4.52 Å². The largest absolute Gasteiger partial charge is 0.701 e. The molecule has 0 aliphatic heterocycles. The lowest BCUT2D eigenvalue weighted by molar-refractivity contribution is -0.428. The molecule has 0 aromatic heterocycles. The van der Waals surface area contributed by atoms with Crippen molar-refractivity contribution in [2.45, 2.75) is 24.1 Å². The predicted octanol–water partition coefficient (Wildman–Crippen LogP) is 3.08. The van der Waals surface area contributed by atoms with E-state index in [1.807, 2.05) is 0 Å². The van der Waals surface area contributed by atoms with Crippen LogP contribution in [-0.2, 0) is 9.09 Å². The number of hydrogen-bond acceptors (Lipinski definition) is 2. The molecule has 102 valence electrons. The molecular weight excluding hydrogens is 298 g/mol. The summed E-state index contributed by atoms with van der Waals surface area (Å²) in [6.45, 7) is 0. The summed E-state index contributed by atoms with van der Waals surface area (Å²) in [6.07, 6.45) is -13.5. The van der Waals surface area contributed by atoms with Crippen LogP contribution in [0.2, 0.25) is 0 Å². The highest BCUT2D eigenvalue weighted by atomic mass is 31.1. The van der Waals surface area contributed by atoms with Crippen molar-refractivity contribution < 1.29 is 53.5 Å². The van der Waals surface area contributed by atoms with E-state index in [-0.39, 0.29) is 0 Å². The van der Waals surface area contributed by atoms with Gasteiger partial charge in [0.1, 0.15) is 0 Å². The fourth-order valence-corrected chi connectivity index (χ4v) is 0.827. The summed E-state index contributed by atoms with van der Waals surface area (Å²) in [4.78, 5) is 7.67. The lowest BCUT2D eigenvalue weighted by Gasteiger charge is -2.30. The Labute approximate surface area is 87.1 Å². The Morgan fingerprint density at radius 3 is 1.41 bits per heavy atom. The summed E-state index contributed by atoms with van der Waals surface area (Å²) in [6, 6.07) is 0. The second-order valence-electron chi connectivity index (χ2n) is 2.49. The highest BCUT2D eigenvalue weighted by Gasteiger charge is 2.84. The molecule has 0 aromatic carbocycles. The first-order chi connectivity index (χ1) is 7.17. The Kier molecular flexibility index (Phi) is 4.10. The molecule has 0 spiro atoms. The van der Waals surface area contributed by atoms with Gasteiger partial charge in [-0.2, -0.15) is 39.5 Å². The first-order valence-corrected chi connectivity index (χ1v) is 4.35. The monoisotopic (exact) mass is 299 g/mol. The van der Waals surface area contributed by atoms with E-state index in [0.717, 1.165) is 0 Å². The zero-order valence-corrected chi connectivity index (χ0v) is 8.01. The Bertz CT molecular complexity index is 310. The normalized spacial score (nSPS) is 16.0. The van der Waals surface area contributed by atoms with E-state index < -0.39 is 32.4 Å². The summed E-state index contributed by atoms with van der Waals surface area (Å²) in [7, 11) is -4.52. The molecule has 1 N–H and O–H groups in total. The molecule has 0 amide bonds. The molecule has 0 aromatic rings. The molecule has 0 bridgehead atoms. The quantitative estimate of drug-likeness (QED) is 0.641. The van der Waals surface area contributed by atoms with Crippen molar-refractivity contribution in [3.63, 3.8) is 0 Å². The Balaban J connectivity index is 5.47. The smallest absolute Gasteiger partial charge is 0.189 e. The van der Waals surface area contributed by atoms with E-state index in [1.165, 1.54) is 0 Å². The van der Waals surface area contributed by atoms with Crippen LogP contribution in [0.3, 0.4) is 0 Å². The number of rotatable bonds is 4. The highest BCUT2D eigenvalue weighted by Crippen LogP contribution is 2.54. The molecule has 1 unspecified atom stereocenters. The maximum absolute atomic E-state index is 12.3. The molecule has 1 atom stereocenters.